The van der Waals surface area contributed by atoms with Gasteiger partial charge in [-0.3, -0.25) is 9.59 Å². The molecule has 0 saturated heterocycles. The second kappa shape index (κ2) is 10.1. The molecule has 0 spiro atoms. The summed E-state index contributed by atoms with van der Waals surface area (Å²) in [5, 5.41) is 10.0. The fourth-order valence-electron chi connectivity index (χ4n) is 4.24. The van der Waals surface area contributed by atoms with E-state index >= 15 is 0 Å². The molecule has 0 unspecified atom stereocenters. The van der Waals surface area contributed by atoms with Crippen LogP contribution in [0.3, 0.4) is 0 Å². The van der Waals surface area contributed by atoms with Crippen molar-refractivity contribution in [1.29, 1.82) is 0 Å². The third-order valence-electron chi connectivity index (χ3n) is 5.88. The Hall–Kier alpha value is -3.00. The van der Waals surface area contributed by atoms with Crippen LogP contribution in [0.15, 0.2) is 40.5 Å². The molecule has 4 rings (SSSR count). The Balaban J connectivity index is 1.67. The molecule has 32 heavy (non-hydrogen) atoms. The lowest BCUT2D eigenvalue weighted by molar-refractivity contribution is -0.116. The van der Waals surface area contributed by atoms with Gasteiger partial charge < -0.3 is 10.1 Å². The maximum Gasteiger partial charge on any atom is 0.359 e. The Bertz CT molecular complexity index is 1160. The first-order valence-corrected chi connectivity index (χ1v) is 12.0. The summed E-state index contributed by atoms with van der Waals surface area (Å²) in [6.45, 7) is 1.91. The molecule has 1 aliphatic carbocycles. The van der Waals surface area contributed by atoms with Crippen LogP contribution in [-0.2, 0) is 9.53 Å². The summed E-state index contributed by atoms with van der Waals surface area (Å²) >= 11 is 1.23. The van der Waals surface area contributed by atoms with Crippen LogP contribution >= 0.6 is 11.3 Å². The van der Waals surface area contributed by atoms with Gasteiger partial charge in [0.25, 0.3) is 5.56 Å². The van der Waals surface area contributed by atoms with Gasteiger partial charge in [0, 0.05) is 17.2 Å². The third-order valence-corrected chi connectivity index (χ3v) is 6.77. The van der Waals surface area contributed by atoms with Crippen LogP contribution in [0.5, 0.6) is 0 Å². The zero-order valence-corrected chi connectivity index (χ0v) is 19.0. The topological polar surface area (TPSA) is 90.3 Å². The van der Waals surface area contributed by atoms with Crippen LogP contribution in [0.4, 0.5) is 5.00 Å². The number of ether oxygens (including phenoxy) is 1. The number of anilines is 1. The summed E-state index contributed by atoms with van der Waals surface area (Å²) in [7, 11) is 0. The quantitative estimate of drug-likeness (QED) is 0.513. The summed E-state index contributed by atoms with van der Waals surface area (Å²) in [6.07, 6.45) is 7.42. The summed E-state index contributed by atoms with van der Waals surface area (Å²) in [5.74, 6) is -0.112. The van der Waals surface area contributed by atoms with E-state index in [1.807, 2.05) is 6.07 Å². The van der Waals surface area contributed by atoms with Crippen molar-refractivity contribution in [2.24, 2.45) is 5.92 Å². The largest absolute Gasteiger partial charge is 0.461 e. The van der Waals surface area contributed by atoms with Gasteiger partial charge in [0.2, 0.25) is 5.91 Å². The van der Waals surface area contributed by atoms with E-state index in [1.54, 1.807) is 36.6 Å². The van der Waals surface area contributed by atoms with Gasteiger partial charge in [0.05, 0.1) is 17.7 Å². The number of nitrogens with one attached hydrogen (secondary N) is 1. The smallest absolute Gasteiger partial charge is 0.359 e. The van der Waals surface area contributed by atoms with E-state index in [2.05, 4.69) is 10.4 Å². The van der Waals surface area contributed by atoms with Crippen LogP contribution in [-0.4, -0.2) is 28.3 Å². The number of rotatable bonds is 7. The lowest BCUT2D eigenvalue weighted by Crippen LogP contribution is -2.25. The maximum atomic E-state index is 13.3. The molecule has 3 aromatic rings. The molecule has 168 valence electrons. The summed E-state index contributed by atoms with van der Waals surface area (Å²) in [6, 6.07) is 8.90. The Labute approximate surface area is 190 Å². The van der Waals surface area contributed by atoms with Gasteiger partial charge in [-0.05, 0) is 31.4 Å². The Morgan fingerprint density at radius 1 is 1.19 bits per heavy atom. The lowest BCUT2D eigenvalue weighted by Gasteiger charge is -2.20. The fraction of sp³-hybridized carbons (Fsp3) is 0.417. The normalized spacial score (nSPS) is 14.4. The van der Waals surface area contributed by atoms with Gasteiger partial charge in [0.1, 0.15) is 5.00 Å². The van der Waals surface area contributed by atoms with E-state index in [0.717, 1.165) is 6.42 Å². The third kappa shape index (κ3) is 4.75. The molecule has 0 bridgehead atoms. The number of carbonyl (C=O) groups is 2. The van der Waals surface area contributed by atoms with Gasteiger partial charge in [-0.25, -0.2) is 4.79 Å². The highest BCUT2D eigenvalue weighted by atomic mass is 32.1. The zero-order valence-electron chi connectivity index (χ0n) is 18.1. The molecule has 7 nitrogen and oxygen atoms in total. The van der Waals surface area contributed by atoms with Crippen LogP contribution in [0.2, 0.25) is 0 Å². The molecular weight excluding hydrogens is 426 g/mol. The number of fused-ring (bicyclic) bond motifs is 1. The number of para-hydroxylation sites is 1. The second-order valence-electron chi connectivity index (χ2n) is 8.07. The highest BCUT2D eigenvalue weighted by Crippen LogP contribution is 2.32. The molecule has 1 amide bonds. The van der Waals surface area contributed by atoms with E-state index < -0.39 is 5.97 Å². The minimum absolute atomic E-state index is 0.0595. The van der Waals surface area contributed by atoms with Crippen LogP contribution in [0, 0.1) is 5.92 Å². The van der Waals surface area contributed by atoms with E-state index in [1.165, 1.54) is 48.1 Å². The van der Waals surface area contributed by atoms with Crippen molar-refractivity contribution in [1.82, 2.24) is 9.78 Å². The summed E-state index contributed by atoms with van der Waals surface area (Å²) in [5.41, 5.74) is 0.207. The number of benzene rings is 1. The summed E-state index contributed by atoms with van der Waals surface area (Å²) in [4.78, 5) is 38.6. The summed E-state index contributed by atoms with van der Waals surface area (Å²) < 4.78 is 6.36. The number of carbonyl (C=O) groups excluding carboxylic acids is 2. The van der Waals surface area contributed by atoms with Crippen molar-refractivity contribution < 1.29 is 14.3 Å². The Kier molecular flexibility index (Phi) is 6.99. The Morgan fingerprint density at radius 2 is 1.94 bits per heavy atom. The van der Waals surface area contributed by atoms with Gasteiger partial charge in [-0.2, -0.15) is 9.78 Å². The van der Waals surface area contributed by atoms with Crippen LogP contribution < -0.4 is 10.9 Å². The average Bonchev–Trinajstić information content (AvgIpc) is 3.23. The first-order chi connectivity index (χ1) is 15.6. The van der Waals surface area contributed by atoms with Crippen molar-refractivity contribution in [3.63, 3.8) is 0 Å². The van der Waals surface area contributed by atoms with E-state index in [-0.39, 0.29) is 29.2 Å². The second-order valence-corrected chi connectivity index (χ2v) is 8.95. The molecule has 2 heterocycles. The standard InChI is InChI=1S/C24H27N3O4S/c1-2-31-24(30)21-18-15-32-22(25-19(28)14-13-16-9-5-3-6-10-16)20(18)23(29)27(26-21)17-11-7-4-8-12-17/h4,7-8,11-12,15-16H,2-3,5-6,9-10,13-14H2,1H3,(H,25,28). The number of aromatic nitrogens is 2. The Morgan fingerprint density at radius 3 is 2.66 bits per heavy atom. The van der Waals surface area contributed by atoms with Gasteiger partial charge in [-0.1, -0.05) is 50.3 Å². The SMILES string of the molecule is CCOC(=O)c1nn(-c2ccccc2)c(=O)c2c(NC(=O)CCC3CCCCC3)scc12. The molecule has 1 fully saturated rings. The number of hydrogen-bond acceptors (Lipinski definition) is 6. The minimum atomic E-state index is -0.602. The highest BCUT2D eigenvalue weighted by Gasteiger charge is 2.23. The highest BCUT2D eigenvalue weighted by molar-refractivity contribution is 7.16. The number of thiophene rings is 1. The molecular formula is C24H27N3O4S. The molecule has 1 N–H and O–H groups in total. The maximum absolute atomic E-state index is 13.3. The average molecular weight is 454 g/mol. The predicted molar refractivity (Wildman–Crippen MR) is 126 cm³/mol. The molecule has 2 aromatic heterocycles. The number of esters is 1. The van der Waals surface area contributed by atoms with Crippen LogP contribution in [0.25, 0.3) is 16.5 Å². The van der Waals surface area contributed by atoms with Crippen molar-refractivity contribution in [3.8, 4) is 5.69 Å². The molecule has 0 atom stereocenters. The molecule has 1 aliphatic rings. The van der Waals surface area contributed by atoms with Crippen molar-refractivity contribution in [3.05, 3.63) is 51.8 Å². The molecule has 8 heteroatoms. The minimum Gasteiger partial charge on any atom is -0.461 e. The number of hydrogen-bond donors (Lipinski definition) is 1. The molecule has 1 saturated carbocycles. The molecule has 1 aromatic carbocycles. The number of nitrogens with zero attached hydrogens (tertiary/aromatic N) is 2. The van der Waals surface area contributed by atoms with Gasteiger partial charge in [-0.15, -0.1) is 11.3 Å². The lowest BCUT2D eigenvalue weighted by atomic mass is 9.86. The van der Waals surface area contributed by atoms with E-state index in [9.17, 15) is 14.4 Å². The zero-order chi connectivity index (χ0) is 22.5. The molecule has 0 aliphatic heterocycles. The van der Waals surface area contributed by atoms with Crippen molar-refractivity contribution >= 4 is 39.0 Å². The first kappa shape index (κ1) is 22.2. The fourth-order valence-corrected chi connectivity index (χ4v) is 5.19. The van der Waals surface area contributed by atoms with E-state index in [4.69, 9.17) is 4.74 Å². The van der Waals surface area contributed by atoms with Crippen LogP contribution in [0.1, 0.15) is 62.4 Å². The van der Waals surface area contributed by atoms with Crippen molar-refractivity contribution in [2.45, 2.75) is 51.9 Å². The van der Waals surface area contributed by atoms with Crippen molar-refractivity contribution in [2.75, 3.05) is 11.9 Å². The number of amides is 1. The van der Waals surface area contributed by atoms with E-state index in [0.29, 0.717) is 28.4 Å². The van der Waals surface area contributed by atoms with Gasteiger partial charge in [0.15, 0.2) is 5.69 Å². The predicted octanol–water partition coefficient (Wildman–Crippen LogP) is 4.92. The molecule has 0 radical (unpaired) electrons. The van der Waals surface area contributed by atoms with Gasteiger partial charge >= 0.3 is 5.97 Å². The first-order valence-electron chi connectivity index (χ1n) is 11.2. The monoisotopic (exact) mass is 453 g/mol.